The van der Waals surface area contributed by atoms with Crippen molar-refractivity contribution < 1.29 is 9.84 Å². The van der Waals surface area contributed by atoms with Gasteiger partial charge in [-0.05, 0) is 19.9 Å². The van der Waals surface area contributed by atoms with E-state index in [1.54, 1.807) is 0 Å². The maximum Gasteiger partial charge on any atom is 0.0886 e. The van der Waals surface area contributed by atoms with Crippen molar-refractivity contribution in [3.63, 3.8) is 0 Å². The maximum absolute atomic E-state index is 10.3. The van der Waals surface area contributed by atoms with Crippen molar-refractivity contribution in [1.82, 2.24) is 9.78 Å². The largest absolute Gasteiger partial charge is 0.388 e. The van der Waals surface area contributed by atoms with Gasteiger partial charge in [-0.1, -0.05) is 0 Å². The molecule has 15 heavy (non-hydrogen) atoms. The summed E-state index contributed by atoms with van der Waals surface area (Å²) in [6, 6.07) is 2.03. The lowest BCUT2D eigenvalue weighted by Crippen LogP contribution is -2.40. The van der Waals surface area contributed by atoms with Gasteiger partial charge in [0.15, 0.2) is 0 Å². The van der Waals surface area contributed by atoms with Crippen LogP contribution in [0.5, 0.6) is 0 Å². The van der Waals surface area contributed by atoms with Gasteiger partial charge in [0.05, 0.1) is 17.8 Å². The van der Waals surface area contributed by atoms with E-state index in [1.807, 2.05) is 24.6 Å². The van der Waals surface area contributed by atoms with E-state index in [0.717, 1.165) is 11.4 Å². The zero-order valence-electron chi connectivity index (χ0n) is 9.36. The molecule has 0 amide bonds. The van der Waals surface area contributed by atoms with Crippen molar-refractivity contribution in [2.75, 3.05) is 13.2 Å². The number of hydrogen-bond acceptors (Lipinski definition) is 3. The second-order valence-corrected chi connectivity index (χ2v) is 4.42. The average Bonchev–Trinajstić information content (AvgIpc) is 2.45. The van der Waals surface area contributed by atoms with Gasteiger partial charge in [0, 0.05) is 31.7 Å². The topological polar surface area (TPSA) is 47.3 Å². The summed E-state index contributed by atoms with van der Waals surface area (Å²) >= 11 is 0. The van der Waals surface area contributed by atoms with Gasteiger partial charge in [-0.15, -0.1) is 0 Å². The Kier molecular flexibility index (Phi) is 2.80. The van der Waals surface area contributed by atoms with Crippen LogP contribution in [0.3, 0.4) is 0 Å². The summed E-state index contributed by atoms with van der Waals surface area (Å²) in [4.78, 5) is 0. The lowest BCUT2D eigenvalue weighted by Gasteiger charge is -2.32. The van der Waals surface area contributed by atoms with Crippen molar-refractivity contribution in [3.8, 4) is 0 Å². The van der Waals surface area contributed by atoms with Crippen LogP contribution >= 0.6 is 0 Å². The van der Waals surface area contributed by atoms with Gasteiger partial charge < -0.3 is 9.84 Å². The molecule has 0 aliphatic carbocycles. The molecule has 0 radical (unpaired) electrons. The van der Waals surface area contributed by atoms with E-state index in [0.29, 0.717) is 32.6 Å². The minimum atomic E-state index is -0.637. The average molecular weight is 210 g/mol. The SMILES string of the molecule is Cc1cc(C)n(CC2(O)CCOCC2)n1. The molecular weight excluding hydrogens is 192 g/mol. The summed E-state index contributed by atoms with van der Waals surface area (Å²) in [6.07, 6.45) is 1.40. The predicted molar refractivity (Wildman–Crippen MR) is 56.7 cm³/mol. The summed E-state index contributed by atoms with van der Waals surface area (Å²) in [5, 5.41) is 14.7. The molecular formula is C11H18N2O2. The first-order valence-corrected chi connectivity index (χ1v) is 5.40. The Morgan fingerprint density at radius 1 is 1.47 bits per heavy atom. The fourth-order valence-electron chi connectivity index (χ4n) is 2.02. The summed E-state index contributed by atoms with van der Waals surface area (Å²) in [6.45, 7) is 5.86. The van der Waals surface area contributed by atoms with E-state index in [9.17, 15) is 5.11 Å². The molecule has 0 spiro atoms. The Labute approximate surface area is 89.9 Å². The normalized spacial score (nSPS) is 20.5. The molecule has 84 valence electrons. The highest BCUT2D eigenvalue weighted by Gasteiger charge is 2.30. The predicted octanol–water partition coefficient (Wildman–Crippen LogP) is 1.04. The van der Waals surface area contributed by atoms with Gasteiger partial charge in [0.2, 0.25) is 0 Å². The smallest absolute Gasteiger partial charge is 0.0886 e. The van der Waals surface area contributed by atoms with Crippen LogP contribution < -0.4 is 0 Å². The number of nitrogens with zero attached hydrogens (tertiary/aromatic N) is 2. The summed E-state index contributed by atoms with van der Waals surface area (Å²) in [5.41, 5.74) is 1.47. The zero-order valence-corrected chi connectivity index (χ0v) is 9.36. The fraction of sp³-hybridized carbons (Fsp3) is 0.727. The van der Waals surface area contributed by atoms with E-state index in [-0.39, 0.29) is 0 Å². The molecule has 0 aromatic carbocycles. The third kappa shape index (κ3) is 2.38. The second-order valence-electron chi connectivity index (χ2n) is 4.42. The van der Waals surface area contributed by atoms with Crippen molar-refractivity contribution >= 4 is 0 Å². The van der Waals surface area contributed by atoms with Crippen LogP contribution in [0, 0.1) is 13.8 Å². The number of aliphatic hydroxyl groups is 1. The molecule has 1 aromatic rings. The molecule has 1 aliphatic heterocycles. The Balaban J connectivity index is 2.09. The summed E-state index contributed by atoms with van der Waals surface area (Å²) in [7, 11) is 0. The van der Waals surface area contributed by atoms with Gasteiger partial charge in [0.1, 0.15) is 0 Å². The molecule has 1 aromatic heterocycles. The standard InChI is InChI=1S/C11H18N2O2/c1-9-7-10(2)13(12-9)8-11(14)3-5-15-6-4-11/h7,14H,3-6,8H2,1-2H3. The van der Waals surface area contributed by atoms with Crippen molar-refractivity contribution in [3.05, 3.63) is 17.5 Å². The van der Waals surface area contributed by atoms with Crippen LogP contribution in [-0.2, 0) is 11.3 Å². The quantitative estimate of drug-likeness (QED) is 0.793. The number of ether oxygens (including phenoxy) is 1. The van der Waals surface area contributed by atoms with Gasteiger partial charge in [-0.25, -0.2) is 0 Å². The van der Waals surface area contributed by atoms with E-state index in [2.05, 4.69) is 5.10 Å². The molecule has 0 atom stereocenters. The highest BCUT2D eigenvalue weighted by Crippen LogP contribution is 2.22. The lowest BCUT2D eigenvalue weighted by atomic mass is 9.94. The second kappa shape index (κ2) is 3.94. The van der Waals surface area contributed by atoms with Crippen LogP contribution in [0.2, 0.25) is 0 Å². The van der Waals surface area contributed by atoms with Crippen molar-refractivity contribution in [2.24, 2.45) is 0 Å². The van der Waals surface area contributed by atoms with E-state index < -0.39 is 5.60 Å². The van der Waals surface area contributed by atoms with Gasteiger partial charge in [0.25, 0.3) is 0 Å². The zero-order chi connectivity index (χ0) is 10.9. The third-order valence-electron chi connectivity index (χ3n) is 2.97. The number of hydrogen-bond donors (Lipinski definition) is 1. The summed E-state index contributed by atoms with van der Waals surface area (Å²) < 4.78 is 7.14. The highest BCUT2D eigenvalue weighted by molar-refractivity contribution is 5.07. The Bertz CT molecular complexity index is 340. The molecule has 2 rings (SSSR count). The Morgan fingerprint density at radius 2 is 2.13 bits per heavy atom. The lowest BCUT2D eigenvalue weighted by molar-refractivity contribution is -0.0747. The minimum absolute atomic E-state index is 0.579. The van der Waals surface area contributed by atoms with Crippen LogP contribution in [0.15, 0.2) is 6.07 Å². The van der Waals surface area contributed by atoms with Gasteiger partial charge >= 0.3 is 0 Å². The van der Waals surface area contributed by atoms with Crippen LogP contribution in [0.25, 0.3) is 0 Å². The first kappa shape index (κ1) is 10.6. The summed E-state index contributed by atoms with van der Waals surface area (Å²) in [5.74, 6) is 0. The molecule has 1 fully saturated rings. The van der Waals surface area contributed by atoms with Crippen molar-refractivity contribution in [1.29, 1.82) is 0 Å². The first-order chi connectivity index (χ1) is 7.09. The maximum atomic E-state index is 10.3. The molecule has 1 saturated heterocycles. The molecule has 0 unspecified atom stereocenters. The van der Waals surface area contributed by atoms with Gasteiger partial charge in [-0.2, -0.15) is 5.10 Å². The Hall–Kier alpha value is -0.870. The number of rotatable bonds is 2. The fourth-order valence-corrected chi connectivity index (χ4v) is 2.02. The van der Waals surface area contributed by atoms with E-state index in [1.165, 1.54) is 0 Å². The molecule has 4 heteroatoms. The third-order valence-corrected chi connectivity index (χ3v) is 2.97. The molecule has 1 aliphatic rings. The molecule has 0 saturated carbocycles. The molecule has 4 nitrogen and oxygen atoms in total. The van der Waals surface area contributed by atoms with E-state index in [4.69, 9.17) is 4.74 Å². The van der Waals surface area contributed by atoms with E-state index >= 15 is 0 Å². The minimum Gasteiger partial charge on any atom is -0.388 e. The monoisotopic (exact) mass is 210 g/mol. The van der Waals surface area contributed by atoms with Crippen LogP contribution in [-0.4, -0.2) is 33.7 Å². The molecule has 0 bridgehead atoms. The number of aryl methyl sites for hydroxylation is 2. The first-order valence-electron chi connectivity index (χ1n) is 5.40. The molecule has 1 N–H and O–H groups in total. The highest BCUT2D eigenvalue weighted by atomic mass is 16.5. The van der Waals surface area contributed by atoms with Crippen molar-refractivity contribution in [2.45, 2.75) is 38.8 Å². The number of aromatic nitrogens is 2. The van der Waals surface area contributed by atoms with Crippen LogP contribution in [0.1, 0.15) is 24.2 Å². The van der Waals surface area contributed by atoms with Crippen LogP contribution in [0.4, 0.5) is 0 Å². The Morgan fingerprint density at radius 3 is 2.67 bits per heavy atom. The molecule has 2 heterocycles. The van der Waals surface area contributed by atoms with Gasteiger partial charge in [-0.3, -0.25) is 4.68 Å².